The summed E-state index contributed by atoms with van der Waals surface area (Å²) in [5, 5.41) is 0. The Bertz CT molecular complexity index is 899. The number of alkyl halides is 1. The lowest BCUT2D eigenvalue weighted by atomic mass is 9.96. The molecule has 0 bridgehead atoms. The zero-order valence-electron chi connectivity index (χ0n) is 15.3. The summed E-state index contributed by atoms with van der Waals surface area (Å²) in [4.78, 5) is 5.92. The maximum absolute atomic E-state index is 15.9. The molecular formula is C20H21F2N3O2. The van der Waals surface area contributed by atoms with Gasteiger partial charge in [-0.05, 0) is 30.4 Å². The van der Waals surface area contributed by atoms with E-state index in [9.17, 15) is 4.39 Å². The fraction of sp³-hybridized carbons (Fsp3) is 0.250. The molecule has 142 valence electrons. The summed E-state index contributed by atoms with van der Waals surface area (Å²) >= 11 is 0. The van der Waals surface area contributed by atoms with E-state index < -0.39 is 17.7 Å². The molecule has 7 heteroatoms. The van der Waals surface area contributed by atoms with Crippen molar-refractivity contribution < 1.29 is 18.3 Å². The first kappa shape index (κ1) is 18.7. The van der Waals surface area contributed by atoms with Gasteiger partial charge >= 0.3 is 0 Å². The number of allylic oxidation sites excluding steroid dienone is 1. The van der Waals surface area contributed by atoms with Crippen LogP contribution in [0.4, 0.5) is 20.2 Å². The highest BCUT2D eigenvalue weighted by atomic mass is 19.2. The van der Waals surface area contributed by atoms with Gasteiger partial charge in [-0.1, -0.05) is 12.1 Å². The van der Waals surface area contributed by atoms with E-state index in [1.54, 1.807) is 23.1 Å². The SMILES string of the molecule is COc1cc(N)cc(C2N=CC=CC2(F)Oc2ccccc2N(C)C)c1F. The quantitative estimate of drug-likeness (QED) is 0.808. The van der Waals surface area contributed by atoms with Crippen molar-refractivity contribution in [3.8, 4) is 11.5 Å². The Labute approximate surface area is 156 Å². The standard InChI is InChI=1S/C20H21F2N3O2/c1-25(2)15-7-4-5-8-16(15)27-20(22)9-6-10-24-19(20)14-11-13(23)12-17(26-3)18(14)21/h4-12,19H,23H2,1-3H3. The van der Waals surface area contributed by atoms with Crippen LogP contribution in [0.2, 0.25) is 0 Å². The highest BCUT2D eigenvalue weighted by molar-refractivity contribution is 5.73. The predicted molar refractivity (Wildman–Crippen MR) is 103 cm³/mol. The number of benzene rings is 2. The van der Waals surface area contributed by atoms with Gasteiger partial charge in [0.2, 0.25) is 0 Å². The molecule has 0 aliphatic carbocycles. The summed E-state index contributed by atoms with van der Waals surface area (Å²) < 4.78 is 41.4. The van der Waals surface area contributed by atoms with E-state index in [1.807, 2.05) is 20.2 Å². The second-order valence-corrected chi connectivity index (χ2v) is 6.35. The number of rotatable bonds is 5. The highest BCUT2D eigenvalue weighted by Gasteiger charge is 2.44. The molecule has 0 spiro atoms. The van der Waals surface area contributed by atoms with Crippen LogP contribution >= 0.6 is 0 Å². The first-order chi connectivity index (χ1) is 12.9. The van der Waals surface area contributed by atoms with Crippen LogP contribution in [0.3, 0.4) is 0 Å². The molecule has 0 saturated heterocycles. The molecule has 5 nitrogen and oxygen atoms in total. The maximum atomic E-state index is 15.9. The number of hydrogen-bond donors (Lipinski definition) is 1. The third-order valence-electron chi connectivity index (χ3n) is 4.24. The second kappa shape index (κ2) is 7.26. The van der Waals surface area contributed by atoms with Gasteiger partial charge in [-0.3, -0.25) is 4.99 Å². The third kappa shape index (κ3) is 3.58. The number of dihydropyridines is 1. The lowest BCUT2D eigenvalue weighted by Gasteiger charge is -2.32. The van der Waals surface area contributed by atoms with Crippen LogP contribution in [-0.2, 0) is 0 Å². The summed E-state index contributed by atoms with van der Waals surface area (Å²) in [5.41, 5.74) is 6.71. The molecular weight excluding hydrogens is 352 g/mol. The Morgan fingerprint density at radius 3 is 2.63 bits per heavy atom. The van der Waals surface area contributed by atoms with Crippen molar-refractivity contribution in [1.29, 1.82) is 0 Å². The van der Waals surface area contributed by atoms with Crippen LogP contribution < -0.4 is 20.1 Å². The first-order valence-electron chi connectivity index (χ1n) is 8.34. The second-order valence-electron chi connectivity index (χ2n) is 6.35. The van der Waals surface area contributed by atoms with E-state index in [0.717, 1.165) is 0 Å². The molecule has 0 amide bonds. The van der Waals surface area contributed by atoms with Crippen LogP contribution in [-0.4, -0.2) is 33.3 Å². The van der Waals surface area contributed by atoms with Gasteiger partial charge in [0.05, 0.1) is 12.8 Å². The smallest absolute Gasteiger partial charge is 0.294 e. The Morgan fingerprint density at radius 1 is 1.19 bits per heavy atom. The van der Waals surface area contributed by atoms with Crippen molar-refractivity contribution in [1.82, 2.24) is 0 Å². The third-order valence-corrected chi connectivity index (χ3v) is 4.24. The van der Waals surface area contributed by atoms with Gasteiger partial charge in [0.25, 0.3) is 5.85 Å². The summed E-state index contributed by atoms with van der Waals surface area (Å²) in [6, 6.07) is 8.40. The molecule has 0 saturated carbocycles. The van der Waals surface area contributed by atoms with Gasteiger partial charge in [-0.2, -0.15) is 4.39 Å². The number of nitrogen functional groups attached to an aromatic ring is 1. The Hall–Kier alpha value is -3.09. The molecule has 27 heavy (non-hydrogen) atoms. The first-order valence-corrected chi connectivity index (χ1v) is 8.34. The average molecular weight is 373 g/mol. The zero-order valence-corrected chi connectivity index (χ0v) is 15.3. The summed E-state index contributed by atoms with van der Waals surface area (Å²) in [5.74, 6) is -2.89. The van der Waals surface area contributed by atoms with E-state index in [0.29, 0.717) is 11.4 Å². The average Bonchev–Trinajstić information content (AvgIpc) is 2.64. The Morgan fingerprint density at radius 2 is 1.93 bits per heavy atom. The topological polar surface area (TPSA) is 60.1 Å². The van der Waals surface area contributed by atoms with E-state index in [2.05, 4.69) is 4.99 Å². The Balaban J connectivity index is 2.06. The highest BCUT2D eigenvalue weighted by Crippen LogP contribution is 2.43. The minimum absolute atomic E-state index is 0.0442. The number of ether oxygens (including phenoxy) is 2. The molecule has 3 rings (SSSR count). The van der Waals surface area contributed by atoms with Gasteiger partial charge in [-0.15, -0.1) is 0 Å². The fourth-order valence-electron chi connectivity index (χ4n) is 2.96. The van der Waals surface area contributed by atoms with E-state index in [4.69, 9.17) is 15.2 Å². The number of hydrogen-bond acceptors (Lipinski definition) is 5. The number of nitrogens with two attached hydrogens (primary N) is 1. The van der Waals surface area contributed by atoms with Gasteiger partial charge < -0.3 is 20.1 Å². The molecule has 1 heterocycles. The number of methoxy groups -OCH3 is 1. The normalized spacial score (nSPS) is 21.1. The number of halogens is 2. The molecule has 2 N–H and O–H groups in total. The van der Waals surface area contributed by atoms with Crippen molar-refractivity contribution >= 4 is 17.6 Å². The number of nitrogens with zero attached hydrogens (tertiary/aromatic N) is 2. The van der Waals surface area contributed by atoms with Crippen molar-refractivity contribution in [2.75, 3.05) is 31.8 Å². The summed E-state index contributed by atoms with van der Waals surface area (Å²) in [6.45, 7) is 0. The van der Waals surface area contributed by atoms with Crippen molar-refractivity contribution in [2.24, 2.45) is 4.99 Å². The van der Waals surface area contributed by atoms with Gasteiger partial charge in [0.15, 0.2) is 17.6 Å². The molecule has 2 unspecified atom stereocenters. The molecule has 2 atom stereocenters. The number of para-hydroxylation sites is 2. The number of anilines is 2. The zero-order chi connectivity index (χ0) is 19.6. The van der Waals surface area contributed by atoms with E-state index in [1.165, 1.54) is 37.6 Å². The van der Waals surface area contributed by atoms with Crippen molar-refractivity contribution in [3.05, 3.63) is 59.9 Å². The molecule has 1 aliphatic rings. The van der Waals surface area contributed by atoms with E-state index >= 15 is 4.39 Å². The molecule has 0 radical (unpaired) electrons. The van der Waals surface area contributed by atoms with Crippen LogP contribution in [0, 0.1) is 5.82 Å². The van der Waals surface area contributed by atoms with Crippen molar-refractivity contribution in [3.63, 3.8) is 0 Å². The van der Waals surface area contributed by atoms with Crippen LogP contribution in [0.1, 0.15) is 11.6 Å². The summed E-state index contributed by atoms with van der Waals surface area (Å²) in [6.07, 6.45) is 4.04. The van der Waals surface area contributed by atoms with E-state index in [-0.39, 0.29) is 17.0 Å². The lowest BCUT2D eigenvalue weighted by molar-refractivity contribution is -0.0392. The van der Waals surface area contributed by atoms with Gasteiger partial charge in [0.1, 0.15) is 5.75 Å². The van der Waals surface area contributed by atoms with Crippen molar-refractivity contribution in [2.45, 2.75) is 11.9 Å². The molecule has 1 aliphatic heterocycles. The van der Waals surface area contributed by atoms with Crippen LogP contribution in [0.25, 0.3) is 0 Å². The summed E-state index contributed by atoms with van der Waals surface area (Å²) in [7, 11) is 4.96. The minimum atomic E-state index is -2.40. The van der Waals surface area contributed by atoms with Crippen LogP contribution in [0.15, 0.2) is 53.5 Å². The van der Waals surface area contributed by atoms with Gasteiger partial charge in [-0.25, -0.2) is 4.39 Å². The fourth-order valence-corrected chi connectivity index (χ4v) is 2.96. The lowest BCUT2D eigenvalue weighted by Crippen LogP contribution is -2.37. The molecule has 2 aromatic rings. The maximum Gasteiger partial charge on any atom is 0.294 e. The minimum Gasteiger partial charge on any atom is -0.494 e. The molecule has 0 fully saturated rings. The molecule has 0 aromatic heterocycles. The van der Waals surface area contributed by atoms with Gasteiger partial charge in [0, 0.05) is 37.6 Å². The van der Waals surface area contributed by atoms with Crippen LogP contribution in [0.5, 0.6) is 11.5 Å². The molecule has 2 aromatic carbocycles. The largest absolute Gasteiger partial charge is 0.494 e. The predicted octanol–water partition coefficient (Wildman–Crippen LogP) is 3.91. The Kier molecular flexibility index (Phi) is 5.03. The number of aliphatic imine (C=N–C) groups is 1. The monoisotopic (exact) mass is 373 g/mol.